The van der Waals surface area contributed by atoms with Gasteiger partial charge >= 0.3 is 17.9 Å². The van der Waals surface area contributed by atoms with Crippen LogP contribution in [0, 0.1) is 0 Å². The van der Waals surface area contributed by atoms with E-state index >= 15 is 0 Å². The van der Waals surface area contributed by atoms with E-state index in [4.69, 9.17) is 14.2 Å². The molecule has 0 radical (unpaired) electrons. The van der Waals surface area contributed by atoms with E-state index < -0.39 is 6.10 Å². The van der Waals surface area contributed by atoms with Crippen LogP contribution >= 0.6 is 0 Å². The molecule has 0 aromatic carbocycles. The zero-order valence-corrected chi connectivity index (χ0v) is 53.1. The molecule has 6 nitrogen and oxygen atoms in total. The highest BCUT2D eigenvalue weighted by molar-refractivity contribution is 5.71. The van der Waals surface area contributed by atoms with E-state index in [0.717, 1.165) is 96.3 Å². The van der Waals surface area contributed by atoms with Crippen molar-refractivity contribution in [1.29, 1.82) is 0 Å². The lowest BCUT2D eigenvalue weighted by Gasteiger charge is -2.18. The third-order valence-corrected chi connectivity index (χ3v) is 15.1. The van der Waals surface area contributed by atoms with Gasteiger partial charge in [0.25, 0.3) is 0 Å². The summed E-state index contributed by atoms with van der Waals surface area (Å²) in [4.78, 5) is 38.3. The maximum atomic E-state index is 12.9. The minimum Gasteiger partial charge on any atom is -0.462 e. The molecular weight excluding hydrogens is 985 g/mol. The van der Waals surface area contributed by atoms with Gasteiger partial charge in [0.15, 0.2) is 6.10 Å². The van der Waals surface area contributed by atoms with Crippen LogP contribution in [0.25, 0.3) is 0 Å². The highest BCUT2D eigenvalue weighted by atomic mass is 16.6. The van der Waals surface area contributed by atoms with Gasteiger partial charge in [-0.25, -0.2) is 0 Å². The molecule has 0 aromatic heterocycles. The van der Waals surface area contributed by atoms with E-state index in [2.05, 4.69) is 106 Å². The van der Waals surface area contributed by atoms with Crippen molar-refractivity contribution >= 4 is 17.9 Å². The Hall–Kier alpha value is -3.41. The van der Waals surface area contributed by atoms with Gasteiger partial charge in [-0.2, -0.15) is 0 Å². The fraction of sp³-hybridized carbons (Fsp3) is 0.770. The van der Waals surface area contributed by atoms with Gasteiger partial charge in [0.05, 0.1) is 0 Å². The highest BCUT2D eigenvalue weighted by Crippen LogP contribution is 2.17. The Morgan fingerprint density at radius 3 is 0.762 bits per heavy atom. The minimum atomic E-state index is -0.777. The largest absolute Gasteiger partial charge is 0.462 e. The quantitative estimate of drug-likeness (QED) is 0.0261. The fourth-order valence-corrected chi connectivity index (χ4v) is 9.97. The van der Waals surface area contributed by atoms with E-state index in [9.17, 15) is 14.4 Å². The molecular formula is C74H130O6. The molecule has 80 heavy (non-hydrogen) atoms. The van der Waals surface area contributed by atoms with Gasteiger partial charge in [0.2, 0.25) is 0 Å². The van der Waals surface area contributed by atoms with Gasteiger partial charge in [0, 0.05) is 19.3 Å². The molecule has 0 N–H and O–H groups in total. The minimum absolute atomic E-state index is 0.0735. The van der Waals surface area contributed by atoms with Crippen LogP contribution in [0.2, 0.25) is 0 Å². The van der Waals surface area contributed by atoms with Crippen molar-refractivity contribution < 1.29 is 28.6 Å². The standard InChI is InChI=1S/C74H130O6/c1-4-7-10-13-16-19-22-24-26-28-30-32-34-36-37-39-40-42-44-46-48-50-52-55-58-61-64-67-73(76)79-70-71(69-78-72(75)66-63-60-57-54-21-18-15-12-9-6-3)80-74(77)68-65-62-59-56-53-51-49-47-45-43-41-38-35-33-31-29-27-25-23-20-17-14-11-8-5-2/h7,10,16,19,23-26,29-32,36-37,71H,4-6,8-9,11-15,17-18,20-22,27-28,33-35,38-70H2,1-3H3/b10-7-,19-16-,25-23-,26-24-,31-29-,32-30-,37-36-. The first-order valence-corrected chi connectivity index (χ1v) is 34.6. The van der Waals surface area contributed by atoms with Crippen molar-refractivity contribution in [2.45, 2.75) is 354 Å². The van der Waals surface area contributed by atoms with Crippen molar-refractivity contribution in [1.82, 2.24) is 0 Å². The van der Waals surface area contributed by atoms with Crippen molar-refractivity contribution in [2.75, 3.05) is 13.2 Å². The van der Waals surface area contributed by atoms with Gasteiger partial charge in [-0.3, -0.25) is 14.4 Å². The van der Waals surface area contributed by atoms with Crippen molar-refractivity contribution in [2.24, 2.45) is 0 Å². The molecule has 1 atom stereocenters. The third-order valence-electron chi connectivity index (χ3n) is 15.1. The predicted octanol–water partition coefficient (Wildman–Crippen LogP) is 23.8. The lowest BCUT2D eigenvalue weighted by molar-refractivity contribution is -0.167. The summed E-state index contributed by atoms with van der Waals surface area (Å²) < 4.78 is 16.9. The zero-order valence-electron chi connectivity index (χ0n) is 53.1. The number of rotatable bonds is 63. The van der Waals surface area contributed by atoms with Crippen LogP contribution in [-0.4, -0.2) is 37.2 Å². The number of hydrogen-bond donors (Lipinski definition) is 0. The van der Waals surface area contributed by atoms with E-state index in [-0.39, 0.29) is 31.1 Å². The molecule has 0 aromatic rings. The average molecular weight is 1120 g/mol. The van der Waals surface area contributed by atoms with Crippen LogP contribution in [0.4, 0.5) is 0 Å². The summed E-state index contributed by atoms with van der Waals surface area (Å²) in [7, 11) is 0. The summed E-state index contributed by atoms with van der Waals surface area (Å²) in [6.07, 6.45) is 90.4. The van der Waals surface area contributed by atoms with E-state index in [1.165, 1.54) is 212 Å². The van der Waals surface area contributed by atoms with Crippen molar-refractivity contribution in [3.8, 4) is 0 Å². The Labute approximate surface area is 496 Å². The van der Waals surface area contributed by atoms with Crippen LogP contribution < -0.4 is 0 Å². The molecule has 0 heterocycles. The number of ether oxygens (including phenoxy) is 3. The third kappa shape index (κ3) is 65.4. The lowest BCUT2D eigenvalue weighted by atomic mass is 10.0. The zero-order chi connectivity index (χ0) is 57.8. The van der Waals surface area contributed by atoms with Crippen molar-refractivity contribution in [3.05, 3.63) is 85.1 Å². The molecule has 0 aliphatic heterocycles. The summed E-state index contributed by atoms with van der Waals surface area (Å²) in [6.45, 7) is 6.54. The summed E-state index contributed by atoms with van der Waals surface area (Å²) in [5, 5.41) is 0. The topological polar surface area (TPSA) is 78.9 Å². The summed E-state index contributed by atoms with van der Waals surface area (Å²) in [5.74, 6) is -0.862. The smallest absolute Gasteiger partial charge is 0.306 e. The molecule has 1 unspecified atom stereocenters. The van der Waals surface area contributed by atoms with Crippen LogP contribution in [-0.2, 0) is 28.6 Å². The number of carbonyl (C=O) groups is 3. The number of unbranched alkanes of at least 4 members (excludes halogenated alkanes) is 38. The van der Waals surface area contributed by atoms with Gasteiger partial charge < -0.3 is 14.2 Å². The van der Waals surface area contributed by atoms with Crippen LogP contribution in [0.1, 0.15) is 348 Å². The summed E-state index contributed by atoms with van der Waals surface area (Å²) in [6, 6.07) is 0. The Bertz CT molecular complexity index is 1520. The molecule has 6 heteroatoms. The molecule has 0 rings (SSSR count). The Morgan fingerprint density at radius 2 is 0.487 bits per heavy atom. The first kappa shape index (κ1) is 76.6. The number of carbonyl (C=O) groups excluding carboxylic acids is 3. The molecule has 0 spiro atoms. The Kier molecular flexibility index (Phi) is 65.2. The van der Waals surface area contributed by atoms with Crippen molar-refractivity contribution in [3.63, 3.8) is 0 Å². The molecule has 0 amide bonds. The number of hydrogen-bond acceptors (Lipinski definition) is 6. The second-order valence-corrected chi connectivity index (χ2v) is 23.1. The first-order valence-electron chi connectivity index (χ1n) is 34.6. The lowest BCUT2D eigenvalue weighted by Crippen LogP contribution is -2.30. The molecule has 0 aliphatic carbocycles. The molecule has 462 valence electrons. The van der Waals surface area contributed by atoms with Gasteiger partial charge in [-0.05, 0) is 96.3 Å². The second-order valence-electron chi connectivity index (χ2n) is 23.1. The first-order chi connectivity index (χ1) is 39.5. The van der Waals surface area contributed by atoms with Crippen LogP contribution in [0.5, 0.6) is 0 Å². The van der Waals surface area contributed by atoms with Gasteiger partial charge in [0.1, 0.15) is 13.2 Å². The monoisotopic (exact) mass is 1110 g/mol. The summed E-state index contributed by atoms with van der Waals surface area (Å²) >= 11 is 0. The normalized spacial score (nSPS) is 12.6. The number of allylic oxidation sites excluding steroid dienone is 14. The Morgan fingerprint density at radius 1 is 0.263 bits per heavy atom. The molecule has 0 saturated carbocycles. The Balaban J connectivity index is 4.20. The second kappa shape index (κ2) is 68.1. The summed E-state index contributed by atoms with van der Waals surface area (Å²) in [5.41, 5.74) is 0. The van der Waals surface area contributed by atoms with Gasteiger partial charge in [-0.15, -0.1) is 0 Å². The average Bonchev–Trinajstić information content (AvgIpc) is 3.46. The molecule has 0 fully saturated rings. The number of esters is 3. The fourth-order valence-electron chi connectivity index (χ4n) is 9.97. The van der Waals surface area contributed by atoms with E-state index in [0.29, 0.717) is 19.3 Å². The van der Waals surface area contributed by atoms with E-state index in [1.807, 2.05) is 0 Å². The maximum absolute atomic E-state index is 12.9. The molecule has 0 aliphatic rings. The van der Waals surface area contributed by atoms with Gasteiger partial charge in [-0.1, -0.05) is 318 Å². The SMILES string of the molecule is CC/C=C\C/C=C\C/C=C\C/C=C\C/C=C\CCCCCCCCCCCCCC(=O)OCC(COC(=O)CCCCCCCCCCCC)OC(=O)CCCCCCCCCCCCCCC/C=C\C/C=C\CCCCCCC. The molecule has 0 bridgehead atoms. The molecule has 0 saturated heterocycles. The highest BCUT2D eigenvalue weighted by Gasteiger charge is 2.19. The van der Waals surface area contributed by atoms with Crippen LogP contribution in [0.3, 0.4) is 0 Å². The predicted molar refractivity (Wildman–Crippen MR) is 348 cm³/mol. The maximum Gasteiger partial charge on any atom is 0.306 e. The van der Waals surface area contributed by atoms with Crippen LogP contribution in [0.15, 0.2) is 85.1 Å². The van der Waals surface area contributed by atoms with E-state index in [1.54, 1.807) is 0 Å².